The van der Waals surface area contributed by atoms with Crippen LogP contribution in [0.25, 0.3) is 11.3 Å². The van der Waals surface area contributed by atoms with Crippen molar-refractivity contribution in [3.8, 4) is 11.3 Å². The maximum Gasteiger partial charge on any atom is 0.272 e. The Labute approximate surface area is 170 Å². The van der Waals surface area contributed by atoms with Crippen molar-refractivity contribution in [2.45, 2.75) is 0 Å². The first-order chi connectivity index (χ1) is 13.6. The van der Waals surface area contributed by atoms with Crippen molar-refractivity contribution < 1.29 is 9.59 Å². The number of carbonyl (C=O) groups excluding carboxylic acids is 2. The lowest BCUT2D eigenvalue weighted by molar-refractivity contribution is 0.0532. The number of carbonyl (C=O) groups is 2. The highest BCUT2D eigenvalue weighted by atomic mass is 79.9. The van der Waals surface area contributed by atoms with Crippen LogP contribution in [0.5, 0.6) is 0 Å². The molecule has 3 heterocycles. The van der Waals surface area contributed by atoms with Gasteiger partial charge in [0.25, 0.3) is 11.8 Å². The van der Waals surface area contributed by atoms with Gasteiger partial charge < -0.3 is 9.80 Å². The van der Waals surface area contributed by atoms with Crippen LogP contribution in [0.3, 0.4) is 0 Å². The van der Waals surface area contributed by atoms with Gasteiger partial charge in [-0.3, -0.25) is 19.7 Å². The molecule has 28 heavy (non-hydrogen) atoms. The molecule has 0 atom stereocenters. The first kappa shape index (κ1) is 18.4. The number of rotatable bonds is 3. The Kier molecular flexibility index (Phi) is 5.21. The summed E-state index contributed by atoms with van der Waals surface area (Å²) in [7, 11) is 0. The van der Waals surface area contributed by atoms with Crippen LogP contribution in [0.15, 0.2) is 59.3 Å². The number of nitrogens with zero attached hydrogens (tertiary/aromatic N) is 4. The molecule has 8 heteroatoms. The number of amides is 2. The molecule has 0 aliphatic carbocycles. The molecular formula is C20H18BrN5O2. The number of halogens is 1. The van der Waals surface area contributed by atoms with Crippen molar-refractivity contribution >= 4 is 27.7 Å². The third kappa shape index (κ3) is 3.82. The van der Waals surface area contributed by atoms with E-state index >= 15 is 0 Å². The lowest BCUT2D eigenvalue weighted by Crippen LogP contribution is -2.50. The van der Waals surface area contributed by atoms with Crippen molar-refractivity contribution in [1.82, 2.24) is 25.0 Å². The second kappa shape index (κ2) is 7.93. The number of nitrogens with one attached hydrogen (secondary N) is 1. The summed E-state index contributed by atoms with van der Waals surface area (Å²) in [6, 6.07) is 13.0. The molecule has 1 aliphatic heterocycles. The minimum Gasteiger partial charge on any atom is -0.335 e. The fourth-order valence-electron chi connectivity index (χ4n) is 3.15. The summed E-state index contributed by atoms with van der Waals surface area (Å²) in [6.07, 6.45) is 3.20. The maximum absolute atomic E-state index is 12.8. The molecule has 0 spiro atoms. The van der Waals surface area contributed by atoms with Crippen LogP contribution in [0, 0.1) is 0 Å². The van der Waals surface area contributed by atoms with Crippen molar-refractivity contribution in [1.29, 1.82) is 0 Å². The highest BCUT2D eigenvalue weighted by Gasteiger charge is 2.26. The molecule has 3 aromatic rings. The van der Waals surface area contributed by atoms with Crippen molar-refractivity contribution in [2.75, 3.05) is 26.2 Å². The molecule has 2 amide bonds. The predicted molar refractivity (Wildman–Crippen MR) is 108 cm³/mol. The van der Waals surface area contributed by atoms with Crippen LogP contribution in [0.4, 0.5) is 0 Å². The van der Waals surface area contributed by atoms with Gasteiger partial charge in [0.15, 0.2) is 0 Å². The molecule has 2 aromatic heterocycles. The first-order valence-electron chi connectivity index (χ1n) is 8.92. The summed E-state index contributed by atoms with van der Waals surface area (Å²) in [5.41, 5.74) is 2.67. The van der Waals surface area contributed by atoms with Crippen LogP contribution in [-0.2, 0) is 0 Å². The largest absolute Gasteiger partial charge is 0.335 e. The number of pyridine rings is 1. The predicted octanol–water partition coefficient (Wildman–Crippen LogP) is 2.83. The van der Waals surface area contributed by atoms with Gasteiger partial charge in [0.05, 0.1) is 11.3 Å². The minimum absolute atomic E-state index is 0.0562. The van der Waals surface area contributed by atoms with Crippen LogP contribution in [0.1, 0.15) is 20.8 Å². The van der Waals surface area contributed by atoms with Gasteiger partial charge in [0.2, 0.25) is 0 Å². The number of benzene rings is 1. The molecule has 7 nitrogen and oxygen atoms in total. The second-order valence-corrected chi connectivity index (χ2v) is 7.42. The van der Waals surface area contributed by atoms with Crippen molar-refractivity contribution in [3.05, 3.63) is 70.6 Å². The highest BCUT2D eigenvalue weighted by Crippen LogP contribution is 2.21. The van der Waals surface area contributed by atoms with E-state index in [4.69, 9.17) is 0 Å². The van der Waals surface area contributed by atoms with Crippen LogP contribution in [-0.4, -0.2) is 63.0 Å². The number of piperazine rings is 1. The third-order valence-electron chi connectivity index (χ3n) is 4.71. The molecular weight excluding hydrogens is 422 g/mol. The molecule has 1 fully saturated rings. The van der Waals surface area contributed by atoms with Crippen molar-refractivity contribution in [3.63, 3.8) is 0 Å². The normalized spacial score (nSPS) is 14.2. The van der Waals surface area contributed by atoms with Gasteiger partial charge in [-0.15, -0.1) is 0 Å². The maximum atomic E-state index is 12.8. The summed E-state index contributed by atoms with van der Waals surface area (Å²) >= 11 is 3.41. The number of aromatic nitrogens is 3. The Morgan fingerprint density at radius 3 is 2.29 bits per heavy atom. The number of hydrogen-bond donors (Lipinski definition) is 1. The lowest BCUT2D eigenvalue weighted by Gasteiger charge is -2.34. The molecule has 0 radical (unpaired) electrons. The monoisotopic (exact) mass is 439 g/mol. The lowest BCUT2D eigenvalue weighted by atomic mass is 10.1. The Bertz CT molecular complexity index is 979. The molecule has 1 aromatic carbocycles. The van der Waals surface area contributed by atoms with Gasteiger partial charge >= 0.3 is 0 Å². The summed E-state index contributed by atoms with van der Waals surface area (Å²) in [5, 5.41) is 7.09. The average Bonchev–Trinajstić information content (AvgIpc) is 3.24. The Morgan fingerprint density at radius 1 is 0.964 bits per heavy atom. The summed E-state index contributed by atoms with van der Waals surface area (Å²) in [4.78, 5) is 32.8. The third-order valence-corrected chi connectivity index (χ3v) is 5.24. The van der Waals surface area contributed by atoms with Gasteiger partial charge in [0, 0.05) is 48.6 Å². The smallest absolute Gasteiger partial charge is 0.272 e. The molecule has 0 bridgehead atoms. The second-order valence-electron chi connectivity index (χ2n) is 6.50. The van der Waals surface area contributed by atoms with E-state index in [1.54, 1.807) is 40.4 Å². The zero-order valence-electron chi connectivity index (χ0n) is 15.0. The van der Waals surface area contributed by atoms with E-state index < -0.39 is 0 Å². The van der Waals surface area contributed by atoms with Gasteiger partial charge in [-0.05, 0) is 30.3 Å². The number of aromatic amines is 1. The van der Waals surface area contributed by atoms with E-state index in [-0.39, 0.29) is 11.8 Å². The van der Waals surface area contributed by atoms with Crippen LogP contribution < -0.4 is 0 Å². The van der Waals surface area contributed by atoms with Crippen LogP contribution in [0.2, 0.25) is 0 Å². The van der Waals surface area contributed by atoms with E-state index in [0.717, 1.165) is 15.7 Å². The summed E-state index contributed by atoms with van der Waals surface area (Å²) in [6.45, 7) is 1.95. The van der Waals surface area contributed by atoms with E-state index in [0.29, 0.717) is 37.4 Å². The first-order valence-corrected chi connectivity index (χ1v) is 9.71. The van der Waals surface area contributed by atoms with E-state index in [9.17, 15) is 9.59 Å². The fourth-order valence-corrected chi connectivity index (χ4v) is 3.42. The molecule has 1 N–H and O–H groups in total. The van der Waals surface area contributed by atoms with Gasteiger partial charge in [0.1, 0.15) is 5.69 Å². The number of H-pyrrole nitrogens is 1. The molecule has 1 aliphatic rings. The quantitative estimate of drug-likeness (QED) is 0.679. The minimum atomic E-state index is -0.107. The standard InChI is InChI=1S/C20H18BrN5O2/c21-16-5-3-14(4-6-16)17-12-18(24-23-17)20(28)26-10-8-25(9-11-26)19(27)15-2-1-7-22-13-15/h1-7,12-13H,8-11H2,(H,23,24). The number of hydrogen-bond acceptors (Lipinski definition) is 4. The van der Waals surface area contributed by atoms with E-state index in [1.165, 1.54) is 0 Å². The zero-order valence-corrected chi connectivity index (χ0v) is 16.6. The Balaban J connectivity index is 1.39. The van der Waals surface area contributed by atoms with Gasteiger partial charge in [-0.2, -0.15) is 5.10 Å². The van der Waals surface area contributed by atoms with E-state index in [2.05, 4.69) is 31.1 Å². The molecule has 0 saturated carbocycles. The summed E-state index contributed by atoms with van der Waals surface area (Å²) < 4.78 is 0.988. The van der Waals surface area contributed by atoms with E-state index in [1.807, 2.05) is 24.3 Å². The average molecular weight is 440 g/mol. The Hall–Kier alpha value is -3.00. The van der Waals surface area contributed by atoms with Gasteiger partial charge in [-0.1, -0.05) is 28.1 Å². The van der Waals surface area contributed by atoms with Gasteiger partial charge in [-0.25, -0.2) is 0 Å². The molecule has 142 valence electrons. The SMILES string of the molecule is O=C(c1cccnc1)N1CCN(C(=O)c2cc(-c3ccc(Br)cc3)n[nH]2)CC1. The summed E-state index contributed by atoms with van der Waals surface area (Å²) in [5.74, 6) is -0.163. The molecule has 4 rings (SSSR count). The molecule has 1 saturated heterocycles. The molecule has 0 unspecified atom stereocenters. The zero-order chi connectivity index (χ0) is 19.5. The topological polar surface area (TPSA) is 82.2 Å². The van der Waals surface area contributed by atoms with Crippen LogP contribution >= 0.6 is 15.9 Å². The van der Waals surface area contributed by atoms with Crippen molar-refractivity contribution in [2.24, 2.45) is 0 Å². The highest BCUT2D eigenvalue weighted by molar-refractivity contribution is 9.10. The Morgan fingerprint density at radius 2 is 1.64 bits per heavy atom. The fraction of sp³-hybridized carbons (Fsp3) is 0.200.